The molecule has 0 aromatic heterocycles. The van der Waals surface area contributed by atoms with E-state index in [0.717, 1.165) is 11.1 Å². The molecule has 3 aromatic rings. The molecule has 5 atom stereocenters. The quantitative estimate of drug-likeness (QED) is 0.244. The third kappa shape index (κ3) is 8.72. The first-order valence-corrected chi connectivity index (χ1v) is 17.2. The van der Waals surface area contributed by atoms with Crippen LogP contribution in [0.4, 0.5) is 0 Å². The topological polar surface area (TPSA) is 175 Å². The Kier molecular flexibility index (Phi) is 10.6. The van der Waals surface area contributed by atoms with Gasteiger partial charge < -0.3 is 36.2 Å². The minimum absolute atomic E-state index is 0.0109. The number of nitrogens with zero attached hydrogens (tertiary/aromatic N) is 1. The molecule has 4 heterocycles. The van der Waals surface area contributed by atoms with Crippen LogP contribution in [0.3, 0.4) is 0 Å². The van der Waals surface area contributed by atoms with Crippen molar-refractivity contribution in [1.82, 2.24) is 31.5 Å². The lowest BCUT2D eigenvalue weighted by molar-refractivity contribution is -0.143. The Morgan fingerprint density at radius 3 is 2.31 bits per heavy atom. The molecule has 4 aliphatic heterocycles. The van der Waals surface area contributed by atoms with Gasteiger partial charge in [0, 0.05) is 31.0 Å². The molecule has 2 fully saturated rings. The maximum absolute atomic E-state index is 14.0. The zero-order chi connectivity index (χ0) is 36.1. The fourth-order valence-electron chi connectivity index (χ4n) is 6.67. The molecule has 5 N–H and O–H groups in total. The van der Waals surface area contributed by atoms with Crippen molar-refractivity contribution in [2.45, 2.75) is 69.7 Å². The van der Waals surface area contributed by atoms with E-state index >= 15 is 0 Å². The molecule has 0 saturated carbocycles. The Balaban J connectivity index is 1.30. The molecule has 0 unspecified atom stereocenters. The first-order chi connectivity index (χ1) is 24.5. The van der Waals surface area contributed by atoms with E-state index in [2.05, 4.69) is 26.6 Å². The van der Waals surface area contributed by atoms with Crippen molar-refractivity contribution in [3.8, 4) is 11.5 Å². The minimum atomic E-state index is -1.06. The van der Waals surface area contributed by atoms with Gasteiger partial charge in [0.05, 0.1) is 6.54 Å². The number of rotatable bonds is 6. The molecule has 0 spiro atoms. The number of piperazine rings is 1. The van der Waals surface area contributed by atoms with Gasteiger partial charge in [-0.1, -0.05) is 62.4 Å². The van der Waals surface area contributed by atoms with E-state index in [0.29, 0.717) is 17.1 Å². The molecule has 0 radical (unpaired) electrons. The molecule has 266 valence electrons. The summed E-state index contributed by atoms with van der Waals surface area (Å²) in [6.45, 7) is 3.93. The summed E-state index contributed by atoms with van der Waals surface area (Å²) in [6, 6.07) is 18.6. The number of hydrogen-bond donors (Lipinski definition) is 5. The predicted molar refractivity (Wildman–Crippen MR) is 186 cm³/mol. The van der Waals surface area contributed by atoms with Gasteiger partial charge in [0.25, 0.3) is 5.91 Å². The van der Waals surface area contributed by atoms with Crippen LogP contribution in [0.2, 0.25) is 0 Å². The standard InChI is InChI=1S/C38H42N6O7/c1-22(2)15-29-36(48)43-30(35(47)40-26-19-32-38(50)39-20-33(45)44(32)21-26)17-24-11-13-27(14-12-24)51-28-10-6-9-25(18-28)34(46)41-31(37(49)42-29)16-23-7-4-3-5-8-23/h3-14,18,22,26,29-32H,15-17,19-21H2,1-2H3,(H,39,50)(H,40,47)(H,41,46)(H,42,49)(H,43,48)/t26-,29+,30+,31-,32+/m1/s1. The minimum Gasteiger partial charge on any atom is -0.457 e. The molecule has 13 heteroatoms. The zero-order valence-corrected chi connectivity index (χ0v) is 28.5. The number of ether oxygens (including phenoxy) is 1. The summed E-state index contributed by atoms with van der Waals surface area (Å²) in [6.07, 6.45) is 0.795. The van der Waals surface area contributed by atoms with E-state index in [-0.39, 0.29) is 56.5 Å². The van der Waals surface area contributed by atoms with Gasteiger partial charge in [-0.05, 0) is 60.2 Å². The number of fused-ring (bicyclic) bond motifs is 12. The molecular formula is C38H42N6O7. The molecule has 7 rings (SSSR count). The molecule has 4 aliphatic rings. The highest BCUT2D eigenvalue weighted by Crippen LogP contribution is 2.24. The first-order valence-electron chi connectivity index (χ1n) is 17.2. The maximum Gasteiger partial charge on any atom is 0.252 e. The van der Waals surface area contributed by atoms with Gasteiger partial charge in [0.15, 0.2) is 0 Å². The van der Waals surface area contributed by atoms with Crippen LogP contribution >= 0.6 is 0 Å². The fraction of sp³-hybridized carbons (Fsp3) is 0.368. The van der Waals surface area contributed by atoms with E-state index in [9.17, 15) is 28.8 Å². The molecule has 4 bridgehead atoms. The average Bonchev–Trinajstić information content (AvgIpc) is 3.55. The van der Waals surface area contributed by atoms with Crippen molar-refractivity contribution in [2.75, 3.05) is 13.1 Å². The van der Waals surface area contributed by atoms with Crippen LogP contribution in [0.25, 0.3) is 0 Å². The predicted octanol–water partition coefficient (Wildman–Crippen LogP) is 1.61. The maximum atomic E-state index is 14.0. The van der Waals surface area contributed by atoms with Crippen LogP contribution in [0, 0.1) is 5.92 Å². The lowest BCUT2D eigenvalue weighted by atomic mass is 9.99. The van der Waals surface area contributed by atoms with Crippen molar-refractivity contribution in [3.63, 3.8) is 0 Å². The number of amides is 6. The lowest BCUT2D eigenvalue weighted by Crippen LogP contribution is -2.58. The number of carbonyl (C=O) groups is 6. The van der Waals surface area contributed by atoms with Crippen molar-refractivity contribution in [1.29, 1.82) is 0 Å². The van der Waals surface area contributed by atoms with Gasteiger partial charge in [-0.3, -0.25) is 28.8 Å². The third-order valence-corrected chi connectivity index (χ3v) is 9.26. The Morgan fingerprint density at radius 1 is 0.843 bits per heavy atom. The number of hydrogen-bond acceptors (Lipinski definition) is 7. The van der Waals surface area contributed by atoms with Crippen molar-refractivity contribution in [3.05, 3.63) is 95.6 Å². The Bertz CT molecular complexity index is 1770. The second kappa shape index (κ2) is 15.4. The Hall–Kier alpha value is -5.72. The summed E-state index contributed by atoms with van der Waals surface area (Å²) in [4.78, 5) is 81.7. The molecule has 13 nitrogen and oxygen atoms in total. The average molecular weight is 695 g/mol. The smallest absolute Gasteiger partial charge is 0.252 e. The van der Waals surface area contributed by atoms with Gasteiger partial charge in [-0.25, -0.2) is 0 Å². The summed E-state index contributed by atoms with van der Waals surface area (Å²) in [5, 5.41) is 14.1. The fourth-order valence-corrected chi connectivity index (χ4v) is 6.67. The molecule has 6 amide bonds. The highest BCUT2D eigenvalue weighted by Gasteiger charge is 2.43. The van der Waals surface area contributed by atoms with Crippen LogP contribution in [-0.4, -0.2) is 83.6 Å². The van der Waals surface area contributed by atoms with Crippen LogP contribution in [0.1, 0.15) is 48.2 Å². The third-order valence-electron chi connectivity index (χ3n) is 9.26. The second-order valence-electron chi connectivity index (χ2n) is 13.7. The van der Waals surface area contributed by atoms with Gasteiger partial charge >= 0.3 is 0 Å². The van der Waals surface area contributed by atoms with Crippen molar-refractivity contribution >= 4 is 35.4 Å². The van der Waals surface area contributed by atoms with Crippen LogP contribution < -0.4 is 31.3 Å². The van der Waals surface area contributed by atoms with E-state index < -0.39 is 53.8 Å². The normalized spacial score (nSPS) is 23.9. The second-order valence-corrected chi connectivity index (χ2v) is 13.7. The highest BCUT2D eigenvalue weighted by molar-refractivity contribution is 5.99. The SMILES string of the molecule is CC(C)C[C@@H]1NC(=O)[C@@H](Cc2ccccc2)NC(=O)c2cccc(c2)Oc2ccc(cc2)C[C@@H](C(=O)N[C@@H]2C[C@H]3C(=O)NCC(=O)N3C2)NC1=O. The van der Waals surface area contributed by atoms with Gasteiger partial charge in [-0.2, -0.15) is 0 Å². The van der Waals surface area contributed by atoms with Crippen LogP contribution in [0.5, 0.6) is 11.5 Å². The van der Waals surface area contributed by atoms with E-state index in [4.69, 9.17) is 4.74 Å². The number of benzene rings is 3. The summed E-state index contributed by atoms with van der Waals surface area (Å²) < 4.78 is 6.03. The summed E-state index contributed by atoms with van der Waals surface area (Å²) in [5.74, 6) is -1.68. The lowest BCUT2D eigenvalue weighted by Gasteiger charge is -2.28. The Labute approximate surface area is 295 Å². The van der Waals surface area contributed by atoms with Gasteiger partial charge in [0.2, 0.25) is 29.5 Å². The van der Waals surface area contributed by atoms with Crippen LogP contribution in [-0.2, 0) is 36.8 Å². The number of nitrogens with one attached hydrogen (secondary N) is 5. The molecule has 2 saturated heterocycles. The Morgan fingerprint density at radius 2 is 1.59 bits per heavy atom. The summed E-state index contributed by atoms with van der Waals surface area (Å²) in [7, 11) is 0. The highest BCUT2D eigenvalue weighted by atomic mass is 16.5. The van der Waals surface area contributed by atoms with Crippen LogP contribution in [0.15, 0.2) is 78.9 Å². The molecule has 0 aliphatic carbocycles. The zero-order valence-electron chi connectivity index (χ0n) is 28.5. The monoisotopic (exact) mass is 694 g/mol. The first kappa shape index (κ1) is 35.1. The van der Waals surface area contributed by atoms with Gasteiger partial charge in [0.1, 0.15) is 35.7 Å². The largest absolute Gasteiger partial charge is 0.457 e. The molecule has 3 aromatic carbocycles. The van der Waals surface area contributed by atoms with Crippen molar-refractivity contribution < 1.29 is 33.5 Å². The van der Waals surface area contributed by atoms with E-state index in [1.54, 1.807) is 48.5 Å². The number of carbonyl (C=O) groups excluding carboxylic acids is 6. The summed E-state index contributed by atoms with van der Waals surface area (Å²) >= 11 is 0. The molecule has 51 heavy (non-hydrogen) atoms. The summed E-state index contributed by atoms with van der Waals surface area (Å²) in [5.41, 5.74) is 1.83. The van der Waals surface area contributed by atoms with E-state index in [1.165, 1.54) is 4.90 Å². The van der Waals surface area contributed by atoms with Gasteiger partial charge in [-0.15, -0.1) is 0 Å². The van der Waals surface area contributed by atoms with Crippen molar-refractivity contribution in [2.24, 2.45) is 5.92 Å². The van der Waals surface area contributed by atoms with E-state index in [1.807, 2.05) is 44.2 Å². The molecular weight excluding hydrogens is 652 g/mol.